The van der Waals surface area contributed by atoms with Gasteiger partial charge in [-0.2, -0.15) is 0 Å². The number of carboxylic acid groups (broad SMARTS) is 1. The zero-order valence-electron chi connectivity index (χ0n) is 11.4. The summed E-state index contributed by atoms with van der Waals surface area (Å²) in [6.07, 6.45) is 3.39. The third-order valence-electron chi connectivity index (χ3n) is 3.16. The van der Waals surface area contributed by atoms with Crippen LogP contribution in [0.2, 0.25) is 0 Å². The smallest absolute Gasteiger partial charge is 0.313 e. The number of aromatic nitrogens is 2. The summed E-state index contributed by atoms with van der Waals surface area (Å²) >= 11 is 0. The molecule has 0 aliphatic carbocycles. The summed E-state index contributed by atoms with van der Waals surface area (Å²) in [4.78, 5) is 19.8. The van der Waals surface area contributed by atoms with Crippen molar-refractivity contribution in [3.8, 4) is 5.75 Å². The molecule has 0 radical (unpaired) electrons. The number of hydrogen-bond acceptors (Lipinski definition) is 4. The zero-order valence-corrected chi connectivity index (χ0v) is 11.4. The average Bonchev–Trinajstić information content (AvgIpc) is 2.46. The highest BCUT2D eigenvalue weighted by atomic mass is 16.5. The van der Waals surface area contributed by atoms with Gasteiger partial charge in [-0.3, -0.25) is 14.8 Å². The maximum atomic E-state index is 11.5. The summed E-state index contributed by atoms with van der Waals surface area (Å²) in [7, 11) is 1.57. The molecule has 5 nitrogen and oxygen atoms in total. The van der Waals surface area contributed by atoms with Gasteiger partial charge in [-0.1, -0.05) is 18.2 Å². The summed E-state index contributed by atoms with van der Waals surface area (Å²) in [5.41, 5.74) is 1.97. The van der Waals surface area contributed by atoms with E-state index in [0.29, 0.717) is 23.6 Å². The molecule has 0 saturated carbocycles. The lowest BCUT2D eigenvalue weighted by Gasteiger charge is -2.15. The van der Waals surface area contributed by atoms with Crippen LogP contribution in [-0.4, -0.2) is 28.2 Å². The highest BCUT2D eigenvalue weighted by molar-refractivity contribution is 5.76. The molecule has 5 heteroatoms. The summed E-state index contributed by atoms with van der Waals surface area (Å²) in [6, 6.07) is 7.39. The minimum atomic E-state index is -0.917. The van der Waals surface area contributed by atoms with Crippen LogP contribution >= 0.6 is 0 Å². The maximum Gasteiger partial charge on any atom is 0.313 e. The number of aryl methyl sites for hydroxylation is 1. The van der Waals surface area contributed by atoms with Crippen LogP contribution in [0.25, 0.3) is 0 Å². The van der Waals surface area contributed by atoms with Gasteiger partial charge in [0.2, 0.25) is 0 Å². The molecular formula is C15H16N2O3. The van der Waals surface area contributed by atoms with Crippen LogP contribution in [0.5, 0.6) is 5.75 Å². The van der Waals surface area contributed by atoms with Gasteiger partial charge in [0.15, 0.2) is 0 Å². The maximum absolute atomic E-state index is 11.5. The van der Waals surface area contributed by atoms with E-state index in [0.717, 1.165) is 5.56 Å². The summed E-state index contributed by atoms with van der Waals surface area (Å²) in [6.45, 7) is 1.76. The van der Waals surface area contributed by atoms with Gasteiger partial charge in [0, 0.05) is 12.4 Å². The Morgan fingerprint density at radius 2 is 2.00 bits per heavy atom. The molecule has 1 N–H and O–H groups in total. The van der Waals surface area contributed by atoms with Crippen LogP contribution in [0.4, 0.5) is 0 Å². The third kappa shape index (κ3) is 2.93. The van der Waals surface area contributed by atoms with E-state index in [1.807, 2.05) is 24.3 Å². The SMILES string of the molecule is COc1ccccc1CC(C(=O)O)c1nccnc1C. The Labute approximate surface area is 117 Å². The summed E-state index contributed by atoms with van der Waals surface area (Å²) < 4.78 is 5.26. The predicted octanol–water partition coefficient (Wildman–Crippen LogP) is 2.20. The zero-order chi connectivity index (χ0) is 14.5. The highest BCUT2D eigenvalue weighted by Gasteiger charge is 2.25. The van der Waals surface area contributed by atoms with E-state index in [1.165, 1.54) is 6.20 Å². The predicted molar refractivity (Wildman–Crippen MR) is 73.8 cm³/mol. The van der Waals surface area contributed by atoms with Gasteiger partial charge in [-0.25, -0.2) is 0 Å². The molecule has 0 saturated heterocycles. The number of aliphatic carboxylic acids is 1. The number of benzene rings is 1. The fraction of sp³-hybridized carbons (Fsp3) is 0.267. The Balaban J connectivity index is 2.36. The molecule has 2 aromatic rings. The van der Waals surface area contributed by atoms with E-state index >= 15 is 0 Å². The molecule has 1 atom stereocenters. The Kier molecular flexibility index (Phi) is 4.30. The van der Waals surface area contributed by atoms with E-state index in [9.17, 15) is 9.90 Å². The molecule has 1 aromatic carbocycles. The fourth-order valence-electron chi connectivity index (χ4n) is 2.15. The minimum absolute atomic E-state index is 0.318. The molecule has 0 amide bonds. The highest BCUT2D eigenvalue weighted by Crippen LogP contribution is 2.26. The molecule has 104 valence electrons. The number of rotatable bonds is 5. The van der Waals surface area contributed by atoms with Crippen molar-refractivity contribution in [1.29, 1.82) is 0 Å². The van der Waals surface area contributed by atoms with Crippen LogP contribution in [-0.2, 0) is 11.2 Å². The van der Waals surface area contributed by atoms with E-state index in [-0.39, 0.29) is 0 Å². The number of carboxylic acids is 1. The van der Waals surface area contributed by atoms with Crippen molar-refractivity contribution in [2.75, 3.05) is 7.11 Å². The number of carbonyl (C=O) groups is 1. The van der Waals surface area contributed by atoms with E-state index < -0.39 is 11.9 Å². The standard InChI is InChI=1S/C15H16N2O3/c1-10-14(17-8-7-16-10)12(15(18)19)9-11-5-3-4-6-13(11)20-2/h3-8,12H,9H2,1-2H3,(H,18,19). The number of methoxy groups -OCH3 is 1. The molecule has 1 aromatic heterocycles. The molecule has 0 bridgehead atoms. The molecule has 1 unspecified atom stereocenters. The van der Waals surface area contributed by atoms with Gasteiger partial charge in [0.1, 0.15) is 11.7 Å². The van der Waals surface area contributed by atoms with Crippen LogP contribution in [0.1, 0.15) is 22.9 Å². The van der Waals surface area contributed by atoms with Crippen LogP contribution in [0.3, 0.4) is 0 Å². The van der Waals surface area contributed by atoms with Crippen molar-refractivity contribution in [3.63, 3.8) is 0 Å². The van der Waals surface area contributed by atoms with Crippen molar-refractivity contribution in [2.24, 2.45) is 0 Å². The Morgan fingerprint density at radius 3 is 2.65 bits per heavy atom. The second-order valence-electron chi connectivity index (χ2n) is 4.43. The molecule has 0 fully saturated rings. The summed E-state index contributed by atoms with van der Waals surface area (Å²) in [5, 5.41) is 9.47. The lowest BCUT2D eigenvalue weighted by Crippen LogP contribution is -2.18. The molecule has 20 heavy (non-hydrogen) atoms. The lowest BCUT2D eigenvalue weighted by molar-refractivity contribution is -0.138. The van der Waals surface area contributed by atoms with Crippen LogP contribution in [0.15, 0.2) is 36.7 Å². The van der Waals surface area contributed by atoms with Gasteiger partial charge in [0.05, 0.1) is 18.5 Å². The van der Waals surface area contributed by atoms with Crippen LogP contribution < -0.4 is 4.74 Å². The topological polar surface area (TPSA) is 72.3 Å². The second-order valence-corrected chi connectivity index (χ2v) is 4.43. The first-order chi connectivity index (χ1) is 9.63. The third-order valence-corrected chi connectivity index (χ3v) is 3.16. The minimum Gasteiger partial charge on any atom is -0.496 e. The largest absolute Gasteiger partial charge is 0.496 e. The second kappa shape index (κ2) is 6.14. The van der Waals surface area contributed by atoms with Crippen molar-refractivity contribution in [1.82, 2.24) is 9.97 Å². The number of ether oxygens (including phenoxy) is 1. The van der Waals surface area contributed by atoms with E-state index in [2.05, 4.69) is 9.97 Å². The quantitative estimate of drug-likeness (QED) is 0.903. The molecule has 1 heterocycles. The fourth-order valence-corrected chi connectivity index (χ4v) is 2.15. The Hall–Kier alpha value is -2.43. The van der Waals surface area contributed by atoms with E-state index in [1.54, 1.807) is 20.2 Å². The monoisotopic (exact) mass is 272 g/mol. The molecular weight excluding hydrogens is 256 g/mol. The van der Waals surface area contributed by atoms with Crippen LogP contribution in [0, 0.1) is 6.92 Å². The Morgan fingerprint density at radius 1 is 1.30 bits per heavy atom. The normalized spacial score (nSPS) is 11.9. The first-order valence-corrected chi connectivity index (χ1v) is 6.25. The number of nitrogens with zero attached hydrogens (tertiary/aromatic N) is 2. The van der Waals surface area contributed by atoms with Gasteiger partial charge in [-0.15, -0.1) is 0 Å². The first-order valence-electron chi connectivity index (χ1n) is 6.25. The molecule has 0 aliphatic rings. The first kappa shape index (κ1) is 14.0. The molecule has 0 spiro atoms. The Bertz CT molecular complexity index is 614. The van der Waals surface area contributed by atoms with Gasteiger partial charge in [-0.05, 0) is 25.0 Å². The number of hydrogen-bond donors (Lipinski definition) is 1. The lowest BCUT2D eigenvalue weighted by atomic mass is 9.94. The van der Waals surface area contributed by atoms with E-state index in [4.69, 9.17) is 4.74 Å². The average molecular weight is 272 g/mol. The van der Waals surface area contributed by atoms with Crippen molar-refractivity contribution < 1.29 is 14.6 Å². The molecule has 2 rings (SSSR count). The van der Waals surface area contributed by atoms with Crippen molar-refractivity contribution >= 4 is 5.97 Å². The summed E-state index contributed by atoms with van der Waals surface area (Å²) in [5.74, 6) is -0.972. The number of para-hydroxylation sites is 1. The van der Waals surface area contributed by atoms with Crippen molar-refractivity contribution in [2.45, 2.75) is 19.3 Å². The van der Waals surface area contributed by atoms with Gasteiger partial charge < -0.3 is 9.84 Å². The van der Waals surface area contributed by atoms with Gasteiger partial charge in [0.25, 0.3) is 0 Å². The van der Waals surface area contributed by atoms with Crippen molar-refractivity contribution in [3.05, 3.63) is 53.6 Å². The van der Waals surface area contributed by atoms with Gasteiger partial charge >= 0.3 is 5.97 Å². The molecule has 0 aliphatic heterocycles.